The number of nitrogens with zero attached hydrogens (tertiary/aromatic N) is 2. The molecule has 8 nitrogen and oxygen atoms in total. The van der Waals surface area contributed by atoms with Gasteiger partial charge in [-0.05, 0) is 62.5 Å². The molecule has 3 atom stereocenters. The Kier molecular flexibility index (Phi) is 4.78. The first-order chi connectivity index (χ1) is 15.5. The molecule has 33 heavy (non-hydrogen) atoms. The number of alkyl halides is 3. The smallest absolute Gasteiger partial charge is 0.350 e. The molecule has 176 valence electrons. The van der Waals surface area contributed by atoms with Crippen LogP contribution in [0.4, 0.5) is 13.2 Å². The SMILES string of the molecule is N#C[C@H](C[C@@H]1CC2(CC2)NC1=O)NC(=O)[C@@H]1CC2(CC2)CN1C(=O)c1ccc(C(F)(F)F)[nH]1. The molecule has 3 heterocycles. The minimum absolute atomic E-state index is 0.108. The number of hydrogen-bond donors (Lipinski definition) is 3. The second kappa shape index (κ2) is 7.23. The van der Waals surface area contributed by atoms with E-state index in [1.807, 2.05) is 6.07 Å². The summed E-state index contributed by atoms with van der Waals surface area (Å²) in [5.74, 6) is -1.65. The van der Waals surface area contributed by atoms with Gasteiger partial charge in [0, 0.05) is 18.0 Å². The summed E-state index contributed by atoms with van der Waals surface area (Å²) in [7, 11) is 0. The molecular weight excluding hydrogens is 439 g/mol. The third-order valence-corrected chi connectivity index (χ3v) is 7.49. The average Bonchev–Trinajstić information content (AvgIpc) is 3.49. The van der Waals surface area contributed by atoms with Crippen molar-refractivity contribution in [3.63, 3.8) is 0 Å². The summed E-state index contributed by atoms with van der Waals surface area (Å²) in [4.78, 5) is 41.7. The van der Waals surface area contributed by atoms with Crippen molar-refractivity contribution in [2.24, 2.45) is 11.3 Å². The zero-order valence-electron chi connectivity index (χ0n) is 17.8. The normalized spacial score (nSPS) is 27.3. The van der Waals surface area contributed by atoms with Crippen molar-refractivity contribution in [3.05, 3.63) is 23.5 Å². The van der Waals surface area contributed by atoms with Crippen LogP contribution in [-0.2, 0) is 15.8 Å². The number of amides is 3. The molecular formula is C22H24F3N5O3. The van der Waals surface area contributed by atoms with Crippen LogP contribution in [0.3, 0.4) is 0 Å². The highest BCUT2D eigenvalue weighted by molar-refractivity contribution is 5.97. The van der Waals surface area contributed by atoms with Crippen LogP contribution < -0.4 is 10.6 Å². The molecule has 0 bridgehead atoms. The first-order valence-corrected chi connectivity index (χ1v) is 11.1. The van der Waals surface area contributed by atoms with Crippen LogP contribution in [0.1, 0.15) is 61.1 Å². The van der Waals surface area contributed by atoms with Crippen LogP contribution >= 0.6 is 0 Å². The largest absolute Gasteiger partial charge is 0.431 e. The summed E-state index contributed by atoms with van der Waals surface area (Å²) in [6.45, 7) is 0.287. The molecule has 1 aromatic rings. The molecule has 3 N–H and O–H groups in total. The number of halogens is 3. The molecule has 2 aliphatic carbocycles. The minimum atomic E-state index is -4.61. The number of carbonyl (C=O) groups excluding carboxylic acids is 3. The summed E-state index contributed by atoms with van der Waals surface area (Å²) in [5.41, 5.74) is -1.58. The number of likely N-dealkylation sites (tertiary alicyclic amines) is 1. The van der Waals surface area contributed by atoms with E-state index < -0.39 is 35.8 Å². The second-order valence-corrected chi connectivity index (χ2v) is 10.0. The Bertz CT molecular complexity index is 1050. The lowest BCUT2D eigenvalue weighted by molar-refractivity contribution is -0.140. The molecule has 0 radical (unpaired) electrons. The van der Waals surface area contributed by atoms with E-state index in [4.69, 9.17) is 0 Å². The van der Waals surface area contributed by atoms with Crippen LogP contribution in [0.2, 0.25) is 0 Å². The molecule has 3 amide bonds. The maximum absolute atomic E-state index is 13.1. The van der Waals surface area contributed by atoms with E-state index in [0.29, 0.717) is 12.8 Å². The van der Waals surface area contributed by atoms with Crippen LogP contribution in [0.5, 0.6) is 0 Å². The van der Waals surface area contributed by atoms with E-state index in [1.54, 1.807) is 0 Å². The first-order valence-electron chi connectivity index (χ1n) is 11.1. The van der Waals surface area contributed by atoms with Gasteiger partial charge in [0.1, 0.15) is 23.5 Å². The lowest BCUT2D eigenvalue weighted by Crippen LogP contribution is -2.49. The Morgan fingerprint density at radius 3 is 2.52 bits per heavy atom. The third-order valence-electron chi connectivity index (χ3n) is 7.49. The lowest BCUT2D eigenvalue weighted by atomic mass is 9.95. The van der Waals surface area contributed by atoms with Crippen molar-refractivity contribution in [1.82, 2.24) is 20.5 Å². The summed E-state index contributed by atoms with van der Waals surface area (Å²) >= 11 is 0. The van der Waals surface area contributed by atoms with Gasteiger partial charge in [-0.1, -0.05) is 0 Å². The van der Waals surface area contributed by atoms with Crippen molar-refractivity contribution in [2.75, 3.05) is 6.54 Å². The first kappa shape index (κ1) is 21.8. The molecule has 4 fully saturated rings. The van der Waals surface area contributed by atoms with Gasteiger partial charge in [-0.15, -0.1) is 0 Å². The Labute approximate surface area is 187 Å². The van der Waals surface area contributed by atoms with Gasteiger partial charge < -0.3 is 20.5 Å². The van der Waals surface area contributed by atoms with Gasteiger partial charge in [-0.25, -0.2) is 0 Å². The Morgan fingerprint density at radius 1 is 1.24 bits per heavy atom. The van der Waals surface area contributed by atoms with Gasteiger partial charge >= 0.3 is 6.18 Å². The van der Waals surface area contributed by atoms with Gasteiger partial charge in [0.15, 0.2) is 0 Å². The quantitative estimate of drug-likeness (QED) is 0.620. The third kappa shape index (κ3) is 4.07. The summed E-state index contributed by atoms with van der Waals surface area (Å²) in [6, 6.07) is 2.15. The molecule has 0 aromatic carbocycles. The zero-order chi connectivity index (χ0) is 23.6. The van der Waals surface area contributed by atoms with Gasteiger partial charge in [-0.2, -0.15) is 18.4 Å². The molecule has 1 aromatic heterocycles. The Hall–Kier alpha value is -3.03. The Balaban J connectivity index is 1.27. The van der Waals surface area contributed by atoms with Crippen molar-refractivity contribution < 1.29 is 27.6 Å². The van der Waals surface area contributed by atoms with Crippen molar-refractivity contribution >= 4 is 17.7 Å². The van der Waals surface area contributed by atoms with Gasteiger partial charge in [-0.3, -0.25) is 14.4 Å². The number of nitrogens with one attached hydrogen (secondary N) is 3. The van der Waals surface area contributed by atoms with Gasteiger partial charge in [0.05, 0.1) is 6.07 Å². The number of aromatic nitrogens is 1. The molecule has 0 unspecified atom stereocenters. The van der Waals surface area contributed by atoms with Crippen molar-refractivity contribution in [2.45, 2.75) is 68.7 Å². The lowest BCUT2D eigenvalue weighted by Gasteiger charge is -2.25. The van der Waals surface area contributed by atoms with Crippen LogP contribution in [0, 0.1) is 22.7 Å². The molecule has 4 aliphatic rings. The summed E-state index contributed by atoms with van der Waals surface area (Å²) < 4.78 is 38.8. The fourth-order valence-corrected chi connectivity index (χ4v) is 5.23. The maximum Gasteiger partial charge on any atom is 0.431 e. The van der Waals surface area contributed by atoms with E-state index in [9.17, 15) is 32.8 Å². The maximum atomic E-state index is 13.1. The van der Waals surface area contributed by atoms with Gasteiger partial charge in [0.2, 0.25) is 11.8 Å². The predicted molar refractivity (Wildman–Crippen MR) is 107 cm³/mol. The molecule has 2 spiro atoms. The van der Waals surface area contributed by atoms with Crippen molar-refractivity contribution in [3.8, 4) is 6.07 Å². The van der Waals surface area contributed by atoms with E-state index in [-0.39, 0.29) is 41.4 Å². The highest BCUT2D eigenvalue weighted by Crippen LogP contribution is 2.55. The number of nitriles is 1. The standard InChI is InChI=1S/C22H24F3N5O3/c23-22(24,25)16-2-1-14(28-16)19(33)30-11-20(3-4-20)9-15(30)18(32)27-13(10-26)7-12-8-21(5-6-21)29-17(12)31/h1-2,12-13,15,28H,3-9,11H2,(H,27,32)(H,29,31)/t12-,13+,15+/m1/s1. The number of rotatable bonds is 5. The van der Waals surface area contributed by atoms with Crippen LogP contribution in [-0.4, -0.2) is 51.8 Å². The second-order valence-electron chi connectivity index (χ2n) is 10.0. The number of aromatic amines is 1. The summed E-state index contributed by atoms with van der Waals surface area (Å²) in [5, 5.41) is 15.2. The topological polar surface area (TPSA) is 118 Å². The highest BCUT2D eigenvalue weighted by Gasteiger charge is 2.56. The fourth-order valence-electron chi connectivity index (χ4n) is 5.23. The van der Waals surface area contributed by atoms with E-state index in [1.165, 1.54) is 4.90 Å². The Morgan fingerprint density at radius 2 is 1.97 bits per heavy atom. The van der Waals surface area contributed by atoms with Crippen molar-refractivity contribution in [1.29, 1.82) is 5.26 Å². The summed E-state index contributed by atoms with van der Waals surface area (Å²) in [6.07, 6.45) is 0.157. The molecule has 5 rings (SSSR count). The minimum Gasteiger partial charge on any atom is -0.350 e. The van der Waals surface area contributed by atoms with Crippen LogP contribution in [0.15, 0.2) is 12.1 Å². The van der Waals surface area contributed by atoms with Gasteiger partial charge in [0.25, 0.3) is 5.91 Å². The highest BCUT2D eigenvalue weighted by atomic mass is 19.4. The monoisotopic (exact) mass is 463 g/mol. The van der Waals surface area contributed by atoms with Crippen LogP contribution in [0.25, 0.3) is 0 Å². The predicted octanol–water partition coefficient (Wildman–Crippen LogP) is 2.10. The van der Waals surface area contributed by atoms with E-state index >= 15 is 0 Å². The number of carbonyl (C=O) groups is 3. The van der Waals surface area contributed by atoms with E-state index in [0.717, 1.165) is 37.8 Å². The molecule has 2 saturated heterocycles. The molecule has 11 heteroatoms. The average molecular weight is 463 g/mol. The molecule has 2 saturated carbocycles. The molecule has 2 aliphatic heterocycles. The fraction of sp³-hybridized carbons (Fsp3) is 0.636. The zero-order valence-corrected chi connectivity index (χ0v) is 17.8. The van der Waals surface area contributed by atoms with E-state index in [2.05, 4.69) is 15.6 Å². The number of H-pyrrole nitrogens is 1. The number of hydrogen-bond acceptors (Lipinski definition) is 4.